The van der Waals surface area contributed by atoms with E-state index in [4.69, 9.17) is 4.74 Å². The summed E-state index contributed by atoms with van der Waals surface area (Å²) in [5.74, 6) is -0.114. The number of nitrogens with zero attached hydrogens (tertiary/aromatic N) is 1. The van der Waals surface area contributed by atoms with E-state index in [0.717, 1.165) is 19.4 Å². The number of rotatable bonds is 6. The number of carbonyl (C=O) groups is 2. The number of imide groups is 1. The zero-order valence-corrected chi connectivity index (χ0v) is 10.8. The molecule has 2 heterocycles. The first kappa shape index (κ1) is 13.3. The second-order valence-corrected chi connectivity index (χ2v) is 4.86. The number of hydrogen-bond acceptors (Lipinski definition) is 4. The second-order valence-electron chi connectivity index (χ2n) is 4.86. The van der Waals surface area contributed by atoms with Crippen LogP contribution in [0.4, 0.5) is 4.79 Å². The molecule has 0 aromatic rings. The molecule has 0 saturated carbocycles. The van der Waals surface area contributed by atoms with E-state index in [0.29, 0.717) is 32.7 Å². The summed E-state index contributed by atoms with van der Waals surface area (Å²) in [6, 6.07) is -0.289. The quantitative estimate of drug-likeness (QED) is 0.521. The first-order chi connectivity index (χ1) is 8.69. The van der Waals surface area contributed by atoms with Gasteiger partial charge in [-0.25, -0.2) is 4.79 Å². The fourth-order valence-corrected chi connectivity index (χ4v) is 2.36. The van der Waals surface area contributed by atoms with Crippen molar-refractivity contribution in [2.75, 3.05) is 32.8 Å². The van der Waals surface area contributed by atoms with Crippen LogP contribution in [0.15, 0.2) is 0 Å². The molecule has 6 nitrogen and oxygen atoms in total. The van der Waals surface area contributed by atoms with Crippen LogP contribution in [0.25, 0.3) is 0 Å². The highest BCUT2D eigenvalue weighted by atomic mass is 16.5. The summed E-state index contributed by atoms with van der Waals surface area (Å²) in [4.78, 5) is 25.3. The van der Waals surface area contributed by atoms with Crippen LogP contribution in [0.5, 0.6) is 0 Å². The van der Waals surface area contributed by atoms with Gasteiger partial charge in [0.1, 0.15) is 5.54 Å². The van der Waals surface area contributed by atoms with Crippen LogP contribution in [-0.4, -0.2) is 55.2 Å². The number of urea groups is 1. The molecule has 1 unspecified atom stereocenters. The van der Waals surface area contributed by atoms with E-state index >= 15 is 0 Å². The summed E-state index contributed by atoms with van der Waals surface area (Å²) in [6.45, 7) is 4.85. The molecule has 3 amide bonds. The Morgan fingerprint density at radius 3 is 2.89 bits per heavy atom. The lowest BCUT2D eigenvalue weighted by Gasteiger charge is -2.19. The molecule has 0 bridgehead atoms. The first-order valence-corrected chi connectivity index (χ1v) is 6.62. The summed E-state index contributed by atoms with van der Waals surface area (Å²) < 4.78 is 5.39. The smallest absolute Gasteiger partial charge is 0.325 e. The molecule has 6 heteroatoms. The molecular weight excluding hydrogens is 234 g/mol. The minimum Gasteiger partial charge on any atom is -0.380 e. The molecule has 0 aliphatic carbocycles. The van der Waals surface area contributed by atoms with Crippen LogP contribution < -0.4 is 10.6 Å². The highest BCUT2D eigenvalue weighted by molar-refractivity contribution is 6.07. The van der Waals surface area contributed by atoms with E-state index in [-0.39, 0.29) is 11.9 Å². The molecule has 1 atom stereocenters. The minimum atomic E-state index is -0.694. The van der Waals surface area contributed by atoms with Gasteiger partial charge in [-0.15, -0.1) is 0 Å². The van der Waals surface area contributed by atoms with E-state index in [1.807, 2.05) is 0 Å². The van der Waals surface area contributed by atoms with Crippen molar-refractivity contribution in [3.05, 3.63) is 0 Å². The van der Waals surface area contributed by atoms with E-state index in [1.54, 1.807) is 0 Å². The topological polar surface area (TPSA) is 70.7 Å². The number of amides is 3. The van der Waals surface area contributed by atoms with Gasteiger partial charge in [-0.2, -0.15) is 0 Å². The summed E-state index contributed by atoms with van der Waals surface area (Å²) in [5.41, 5.74) is -0.694. The highest BCUT2D eigenvalue weighted by Gasteiger charge is 2.52. The van der Waals surface area contributed by atoms with E-state index in [1.165, 1.54) is 4.90 Å². The Balaban J connectivity index is 1.82. The van der Waals surface area contributed by atoms with Crippen LogP contribution in [0.3, 0.4) is 0 Å². The molecule has 2 N–H and O–H groups in total. The lowest BCUT2D eigenvalue weighted by molar-refractivity contribution is -0.131. The third-order valence-corrected chi connectivity index (χ3v) is 3.50. The number of hydrogen-bond donors (Lipinski definition) is 2. The van der Waals surface area contributed by atoms with Crippen molar-refractivity contribution in [3.63, 3.8) is 0 Å². The Morgan fingerprint density at radius 1 is 1.39 bits per heavy atom. The normalized spacial score (nSPS) is 27.3. The summed E-state index contributed by atoms with van der Waals surface area (Å²) in [5, 5.41) is 5.92. The highest BCUT2D eigenvalue weighted by Crippen LogP contribution is 2.23. The Morgan fingerprint density at radius 2 is 2.22 bits per heavy atom. The predicted molar refractivity (Wildman–Crippen MR) is 66.2 cm³/mol. The Hall–Kier alpha value is -1.14. The zero-order chi connectivity index (χ0) is 13.0. The molecule has 2 aliphatic rings. The largest absolute Gasteiger partial charge is 0.380 e. The molecule has 0 aromatic heterocycles. The van der Waals surface area contributed by atoms with Crippen LogP contribution in [0.1, 0.15) is 26.2 Å². The van der Waals surface area contributed by atoms with Crippen molar-refractivity contribution >= 4 is 11.9 Å². The lowest BCUT2D eigenvalue weighted by atomic mass is 9.99. The van der Waals surface area contributed by atoms with Crippen molar-refractivity contribution in [3.8, 4) is 0 Å². The van der Waals surface area contributed by atoms with Gasteiger partial charge in [0, 0.05) is 13.2 Å². The Bertz CT molecular complexity index is 327. The third-order valence-electron chi connectivity index (χ3n) is 3.50. The van der Waals surface area contributed by atoms with Crippen molar-refractivity contribution in [2.24, 2.45) is 0 Å². The number of nitrogens with one attached hydrogen (secondary N) is 2. The van der Waals surface area contributed by atoms with E-state index in [9.17, 15) is 9.59 Å². The SMILES string of the molecule is CCCCOCCN1C(=O)NC2(CCNC2)C1=O. The van der Waals surface area contributed by atoms with Crippen LogP contribution >= 0.6 is 0 Å². The molecule has 2 fully saturated rings. The molecule has 102 valence electrons. The fraction of sp³-hybridized carbons (Fsp3) is 0.833. The minimum absolute atomic E-state index is 0.114. The maximum atomic E-state index is 12.2. The summed E-state index contributed by atoms with van der Waals surface area (Å²) >= 11 is 0. The average Bonchev–Trinajstić information content (AvgIpc) is 2.90. The lowest BCUT2D eigenvalue weighted by Crippen LogP contribution is -2.48. The molecule has 18 heavy (non-hydrogen) atoms. The Kier molecular flexibility index (Phi) is 4.19. The van der Waals surface area contributed by atoms with Crippen molar-refractivity contribution in [1.29, 1.82) is 0 Å². The summed E-state index contributed by atoms with van der Waals surface area (Å²) in [6.07, 6.45) is 2.76. The number of carbonyl (C=O) groups excluding carboxylic acids is 2. The van der Waals surface area contributed by atoms with Gasteiger partial charge in [-0.3, -0.25) is 9.69 Å². The van der Waals surface area contributed by atoms with E-state index in [2.05, 4.69) is 17.6 Å². The van der Waals surface area contributed by atoms with Gasteiger partial charge in [-0.1, -0.05) is 13.3 Å². The van der Waals surface area contributed by atoms with Crippen LogP contribution in [0.2, 0.25) is 0 Å². The fourth-order valence-electron chi connectivity index (χ4n) is 2.36. The predicted octanol–water partition coefficient (Wildman–Crippen LogP) is 0.0870. The average molecular weight is 255 g/mol. The number of unbranched alkanes of at least 4 members (excludes halogenated alkanes) is 1. The van der Waals surface area contributed by atoms with Crippen molar-refractivity contribution < 1.29 is 14.3 Å². The van der Waals surface area contributed by atoms with Gasteiger partial charge >= 0.3 is 6.03 Å². The maximum absolute atomic E-state index is 12.2. The standard InChI is InChI=1S/C12H21N3O3/c1-2-3-7-18-8-6-15-10(16)12(14-11(15)17)4-5-13-9-12/h13H,2-9H2,1H3,(H,14,17). The molecule has 2 saturated heterocycles. The maximum Gasteiger partial charge on any atom is 0.325 e. The molecule has 2 rings (SSSR count). The van der Waals surface area contributed by atoms with Crippen molar-refractivity contribution in [1.82, 2.24) is 15.5 Å². The van der Waals surface area contributed by atoms with Gasteiger partial charge in [0.25, 0.3) is 5.91 Å². The molecular formula is C12H21N3O3. The number of ether oxygens (including phenoxy) is 1. The molecule has 1 spiro atoms. The molecule has 0 aromatic carbocycles. The van der Waals surface area contributed by atoms with Gasteiger partial charge < -0.3 is 15.4 Å². The van der Waals surface area contributed by atoms with Gasteiger partial charge in [0.15, 0.2) is 0 Å². The van der Waals surface area contributed by atoms with E-state index < -0.39 is 5.54 Å². The van der Waals surface area contributed by atoms with Gasteiger partial charge in [0.05, 0.1) is 13.2 Å². The van der Waals surface area contributed by atoms with Gasteiger partial charge in [0.2, 0.25) is 0 Å². The molecule has 0 radical (unpaired) electrons. The first-order valence-electron chi connectivity index (χ1n) is 6.62. The monoisotopic (exact) mass is 255 g/mol. The summed E-state index contributed by atoms with van der Waals surface area (Å²) in [7, 11) is 0. The second kappa shape index (κ2) is 5.67. The Labute approximate surface area is 107 Å². The molecule has 2 aliphatic heterocycles. The zero-order valence-electron chi connectivity index (χ0n) is 10.8. The van der Waals surface area contributed by atoms with Crippen molar-refractivity contribution in [2.45, 2.75) is 31.7 Å². The van der Waals surface area contributed by atoms with Crippen LogP contribution in [-0.2, 0) is 9.53 Å². The van der Waals surface area contributed by atoms with Crippen LogP contribution in [0, 0.1) is 0 Å². The third kappa shape index (κ3) is 2.49. The van der Waals surface area contributed by atoms with Gasteiger partial charge in [-0.05, 0) is 19.4 Å².